The zero-order valence-electron chi connectivity index (χ0n) is 17.0. The Morgan fingerprint density at radius 1 is 1.03 bits per heavy atom. The van der Waals surface area contributed by atoms with Gasteiger partial charge in [-0.1, -0.05) is 31.0 Å². The molecule has 3 aromatic rings. The monoisotopic (exact) mass is 439 g/mol. The van der Waals surface area contributed by atoms with Crippen LogP contribution < -0.4 is 19.7 Å². The first-order valence-corrected chi connectivity index (χ1v) is 9.88. The summed E-state index contributed by atoms with van der Waals surface area (Å²) in [6, 6.07) is 18.6. The number of nitrogens with zero attached hydrogens (tertiary/aromatic N) is 1. The third-order valence-corrected chi connectivity index (χ3v) is 5.02. The lowest BCUT2D eigenvalue weighted by Crippen LogP contribution is -2.35. The van der Waals surface area contributed by atoms with Gasteiger partial charge in [0.1, 0.15) is 11.6 Å². The molecule has 0 radical (unpaired) electrons. The number of halogens is 1. The SMILES string of the molecule is COc1cccc(C(=O)Nc2ccc(N(S)C(=O)NC(C)c3ccc(F)cc3)cc2)c1. The third kappa shape index (κ3) is 5.76. The van der Waals surface area contributed by atoms with Gasteiger partial charge in [0.05, 0.1) is 18.8 Å². The molecule has 0 fully saturated rings. The molecule has 0 bridgehead atoms. The van der Waals surface area contributed by atoms with Crippen LogP contribution in [0.15, 0.2) is 72.8 Å². The average molecular weight is 440 g/mol. The van der Waals surface area contributed by atoms with E-state index in [2.05, 4.69) is 23.4 Å². The van der Waals surface area contributed by atoms with E-state index in [1.807, 2.05) is 0 Å². The molecule has 3 aromatic carbocycles. The van der Waals surface area contributed by atoms with Crippen LogP contribution in [0.1, 0.15) is 28.9 Å². The Balaban J connectivity index is 1.61. The standard InChI is InChI=1S/C23H22FN3O3S/c1-15(16-6-8-18(24)9-7-16)25-23(29)27(31)20-12-10-19(11-13-20)26-22(28)17-4-3-5-21(14-17)30-2/h3-15,31H,1-2H3,(H,25,29)(H,26,28). The van der Waals surface area contributed by atoms with Gasteiger partial charge in [0, 0.05) is 11.3 Å². The summed E-state index contributed by atoms with van der Waals surface area (Å²) in [5, 5.41) is 5.59. The lowest BCUT2D eigenvalue weighted by Gasteiger charge is -2.21. The zero-order valence-corrected chi connectivity index (χ0v) is 17.9. The maximum absolute atomic E-state index is 13.1. The highest BCUT2D eigenvalue weighted by Crippen LogP contribution is 2.22. The number of methoxy groups -OCH3 is 1. The predicted octanol–water partition coefficient (Wildman–Crippen LogP) is 5.21. The van der Waals surface area contributed by atoms with E-state index < -0.39 is 6.03 Å². The minimum Gasteiger partial charge on any atom is -0.497 e. The average Bonchev–Trinajstić information content (AvgIpc) is 2.79. The minimum atomic E-state index is -0.437. The molecule has 0 saturated carbocycles. The first kappa shape index (κ1) is 22.2. The van der Waals surface area contributed by atoms with Gasteiger partial charge < -0.3 is 15.4 Å². The Bertz CT molecular complexity index is 1060. The van der Waals surface area contributed by atoms with Crippen molar-refractivity contribution in [2.45, 2.75) is 13.0 Å². The predicted molar refractivity (Wildman–Crippen MR) is 122 cm³/mol. The van der Waals surface area contributed by atoms with Gasteiger partial charge in [0.15, 0.2) is 0 Å². The van der Waals surface area contributed by atoms with Crippen molar-refractivity contribution in [3.05, 3.63) is 89.7 Å². The highest BCUT2D eigenvalue weighted by Gasteiger charge is 2.16. The number of hydrogen-bond acceptors (Lipinski definition) is 4. The molecule has 8 heteroatoms. The number of carbonyl (C=O) groups excluding carboxylic acids is 2. The van der Waals surface area contributed by atoms with Crippen LogP contribution in [-0.4, -0.2) is 19.0 Å². The van der Waals surface area contributed by atoms with Crippen molar-refractivity contribution in [2.75, 3.05) is 16.7 Å². The van der Waals surface area contributed by atoms with Crippen LogP contribution in [0.5, 0.6) is 5.75 Å². The van der Waals surface area contributed by atoms with E-state index in [0.717, 1.165) is 9.87 Å². The van der Waals surface area contributed by atoms with Crippen molar-refractivity contribution >= 4 is 36.1 Å². The summed E-state index contributed by atoms with van der Waals surface area (Å²) in [5.74, 6) is -0.0217. The molecule has 3 amide bonds. The molecule has 160 valence electrons. The molecule has 0 aliphatic rings. The van der Waals surface area contributed by atoms with E-state index in [-0.39, 0.29) is 17.8 Å². The van der Waals surface area contributed by atoms with Crippen molar-refractivity contribution < 1.29 is 18.7 Å². The smallest absolute Gasteiger partial charge is 0.332 e. The first-order valence-electron chi connectivity index (χ1n) is 9.48. The highest BCUT2D eigenvalue weighted by atomic mass is 32.1. The second-order valence-corrected chi connectivity index (χ2v) is 7.17. The summed E-state index contributed by atoms with van der Waals surface area (Å²) < 4.78 is 19.4. The topological polar surface area (TPSA) is 70.7 Å². The molecule has 0 heterocycles. The van der Waals surface area contributed by atoms with E-state index in [1.165, 1.54) is 19.2 Å². The van der Waals surface area contributed by atoms with Gasteiger partial charge in [0.2, 0.25) is 0 Å². The number of ether oxygens (including phenoxy) is 1. The van der Waals surface area contributed by atoms with Crippen LogP contribution in [0.4, 0.5) is 20.6 Å². The van der Waals surface area contributed by atoms with Crippen LogP contribution in [0.2, 0.25) is 0 Å². The van der Waals surface area contributed by atoms with E-state index in [4.69, 9.17) is 4.74 Å². The van der Waals surface area contributed by atoms with Gasteiger partial charge in [-0.05, 0) is 67.1 Å². The van der Waals surface area contributed by atoms with Crippen LogP contribution in [0, 0.1) is 5.82 Å². The Morgan fingerprint density at radius 2 is 1.71 bits per heavy atom. The van der Waals surface area contributed by atoms with E-state index in [9.17, 15) is 14.0 Å². The third-order valence-electron chi connectivity index (χ3n) is 4.60. The van der Waals surface area contributed by atoms with E-state index in [0.29, 0.717) is 22.7 Å². The number of anilines is 2. The molecule has 2 N–H and O–H groups in total. The number of hydrogen-bond donors (Lipinski definition) is 3. The Morgan fingerprint density at radius 3 is 2.35 bits per heavy atom. The molecule has 1 atom stereocenters. The summed E-state index contributed by atoms with van der Waals surface area (Å²) in [4.78, 5) is 24.9. The summed E-state index contributed by atoms with van der Waals surface area (Å²) in [7, 11) is 1.54. The fourth-order valence-corrected chi connectivity index (χ4v) is 3.04. The Kier molecular flexibility index (Phi) is 7.15. The molecule has 0 aliphatic heterocycles. The van der Waals surface area contributed by atoms with Gasteiger partial charge in [-0.15, -0.1) is 0 Å². The van der Waals surface area contributed by atoms with Gasteiger partial charge in [-0.25, -0.2) is 13.5 Å². The van der Waals surface area contributed by atoms with Crippen molar-refractivity contribution in [1.82, 2.24) is 5.32 Å². The van der Waals surface area contributed by atoms with Gasteiger partial charge in [-0.2, -0.15) is 0 Å². The maximum atomic E-state index is 13.1. The number of nitrogens with one attached hydrogen (secondary N) is 2. The fraction of sp³-hybridized carbons (Fsp3) is 0.130. The molecule has 0 aliphatic carbocycles. The van der Waals surface area contributed by atoms with Crippen molar-refractivity contribution in [1.29, 1.82) is 0 Å². The maximum Gasteiger partial charge on any atom is 0.332 e. The normalized spacial score (nSPS) is 11.4. The van der Waals surface area contributed by atoms with Crippen LogP contribution >= 0.6 is 12.8 Å². The van der Waals surface area contributed by atoms with Crippen molar-refractivity contribution in [2.24, 2.45) is 0 Å². The van der Waals surface area contributed by atoms with Crippen LogP contribution in [0.25, 0.3) is 0 Å². The lowest BCUT2D eigenvalue weighted by atomic mass is 10.1. The first-order chi connectivity index (χ1) is 14.9. The molecule has 0 saturated heterocycles. The number of urea groups is 1. The summed E-state index contributed by atoms with van der Waals surface area (Å²) in [5.41, 5.74) is 2.32. The zero-order chi connectivity index (χ0) is 22.4. The molecule has 1 unspecified atom stereocenters. The summed E-state index contributed by atoms with van der Waals surface area (Å²) >= 11 is 4.26. The second kappa shape index (κ2) is 9.99. The number of benzene rings is 3. The fourth-order valence-electron chi connectivity index (χ4n) is 2.85. The number of carbonyl (C=O) groups is 2. The molecular weight excluding hydrogens is 417 g/mol. The van der Waals surface area contributed by atoms with Crippen LogP contribution in [-0.2, 0) is 0 Å². The molecule has 31 heavy (non-hydrogen) atoms. The molecule has 6 nitrogen and oxygen atoms in total. The minimum absolute atomic E-state index is 0.278. The Labute approximate surface area is 185 Å². The second-order valence-electron chi connectivity index (χ2n) is 6.77. The number of thiol groups is 1. The van der Waals surface area contributed by atoms with Crippen molar-refractivity contribution in [3.63, 3.8) is 0 Å². The Hall–Kier alpha value is -3.52. The highest BCUT2D eigenvalue weighted by molar-refractivity contribution is 7.82. The lowest BCUT2D eigenvalue weighted by molar-refractivity contribution is 0.102. The van der Waals surface area contributed by atoms with Gasteiger partial charge >= 0.3 is 6.03 Å². The molecule has 0 spiro atoms. The van der Waals surface area contributed by atoms with E-state index in [1.54, 1.807) is 67.6 Å². The number of rotatable bonds is 6. The van der Waals surface area contributed by atoms with Gasteiger partial charge in [0.25, 0.3) is 5.91 Å². The molecule has 3 rings (SSSR count). The summed E-state index contributed by atoms with van der Waals surface area (Å²) in [6.07, 6.45) is 0. The quantitative estimate of drug-likeness (QED) is 0.462. The van der Waals surface area contributed by atoms with Gasteiger partial charge in [-0.3, -0.25) is 4.79 Å². The van der Waals surface area contributed by atoms with Crippen LogP contribution in [0.3, 0.4) is 0 Å². The molecular formula is C23H22FN3O3S. The van der Waals surface area contributed by atoms with Crippen molar-refractivity contribution in [3.8, 4) is 5.75 Å². The van der Waals surface area contributed by atoms with E-state index >= 15 is 0 Å². The number of amides is 3. The molecule has 0 aromatic heterocycles. The largest absolute Gasteiger partial charge is 0.497 e. The summed E-state index contributed by atoms with van der Waals surface area (Å²) in [6.45, 7) is 1.80.